The molecule has 1 amide bonds. The van der Waals surface area contributed by atoms with E-state index in [0.717, 1.165) is 17.0 Å². The van der Waals surface area contributed by atoms with Gasteiger partial charge < -0.3 is 14.6 Å². The molecule has 1 aliphatic rings. The number of methoxy groups -OCH3 is 1. The largest absolute Gasteiger partial charge is 0.507 e. The predicted molar refractivity (Wildman–Crippen MR) is 131 cm³/mol. The number of amides is 1. The van der Waals surface area contributed by atoms with Gasteiger partial charge in [-0.3, -0.25) is 14.5 Å². The molecule has 1 N–H and O–H groups in total. The van der Waals surface area contributed by atoms with Crippen LogP contribution in [0.25, 0.3) is 5.76 Å². The molecule has 1 aliphatic heterocycles. The number of carbonyl (C=O) groups excluding carboxylic acids is 2. The Hall–Kier alpha value is -3.91. The van der Waals surface area contributed by atoms with E-state index >= 15 is 0 Å². The lowest BCUT2D eigenvalue weighted by atomic mass is 9.94. The average molecular weight is 514 g/mol. The summed E-state index contributed by atoms with van der Waals surface area (Å²) in [7, 11) is 1.36. The summed E-state index contributed by atoms with van der Waals surface area (Å²) in [5.74, 6) is -4.28. The number of carbonyl (C=O) groups is 2. The van der Waals surface area contributed by atoms with Gasteiger partial charge in [-0.15, -0.1) is 0 Å². The monoisotopic (exact) mass is 513 g/mol. The van der Waals surface area contributed by atoms with Gasteiger partial charge in [-0.2, -0.15) is 0 Å². The Morgan fingerprint density at radius 1 is 1.08 bits per heavy atom. The van der Waals surface area contributed by atoms with Gasteiger partial charge in [-0.05, 0) is 61.4 Å². The number of anilines is 1. The van der Waals surface area contributed by atoms with Crippen molar-refractivity contribution in [1.29, 1.82) is 0 Å². The van der Waals surface area contributed by atoms with Crippen LogP contribution in [-0.2, 0) is 9.59 Å². The molecule has 0 aromatic heterocycles. The molecule has 0 spiro atoms. The summed E-state index contributed by atoms with van der Waals surface area (Å²) in [6, 6.07) is 11.5. The van der Waals surface area contributed by atoms with Crippen LogP contribution in [0.15, 0.2) is 60.2 Å². The third kappa shape index (κ3) is 4.40. The van der Waals surface area contributed by atoms with E-state index in [0.29, 0.717) is 23.5 Å². The standard InChI is InChI=1S/C27H22ClF2NO5/c1-4-36-17-7-5-6-15(12-17)23-22(24(32)18-10-14(2)11-19(28)26(18)35-3)25(33)27(34)31(23)16-8-9-20(29)21(30)13-16/h5-13,23,32H,4H2,1-3H3/b24-22+. The maximum atomic E-state index is 14.1. The molecular formula is C27H22ClF2NO5. The maximum absolute atomic E-state index is 14.1. The van der Waals surface area contributed by atoms with Gasteiger partial charge in [-0.25, -0.2) is 8.78 Å². The van der Waals surface area contributed by atoms with Crippen LogP contribution in [0.1, 0.15) is 29.7 Å². The maximum Gasteiger partial charge on any atom is 0.300 e. The summed E-state index contributed by atoms with van der Waals surface area (Å²) in [6.07, 6.45) is 0. The number of aliphatic hydroxyl groups is 1. The number of aliphatic hydroxyl groups excluding tert-OH is 1. The summed E-state index contributed by atoms with van der Waals surface area (Å²) < 4.78 is 38.7. The van der Waals surface area contributed by atoms with E-state index in [2.05, 4.69) is 0 Å². The molecule has 0 radical (unpaired) electrons. The van der Waals surface area contributed by atoms with Crippen LogP contribution in [0.2, 0.25) is 5.02 Å². The van der Waals surface area contributed by atoms with Crippen LogP contribution in [0.4, 0.5) is 14.5 Å². The van der Waals surface area contributed by atoms with E-state index in [-0.39, 0.29) is 27.6 Å². The summed E-state index contributed by atoms with van der Waals surface area (Å²) in [5.41, 5.74) is 0.863. The Labute approximate surface area is 211 Å². The number of Topliss-reactive ketones (excluding diaryl/α,β-unsaturated/α-hetero) is 1. The van der Waals surface area contributed by atoms with Gasteiger partial charge in [0, 0.05) is 11.8 Å². The number of halogens is 3. The van der Waals surface area contributed by atoms with E-state index in [4.69, 9.17) is 21.1 Å². The number of ether oxygens (including phenoxy) is 2. The zero-order chi connectivity index (χ0) is 26.1. The highest BCUT2D eigenvalue weighted by atomic mass is 35.5. The number of hydrogen-bond acceptors (Lipinski definition) is 5. The quantitative estimate of drug-likeness (QED) is 0.250. The van der Waals surface area contributed by atoms with Crippen molar-refractivity contribution < 1.29 is 33.0 Å². The van der Waals surface area contributed by atoms with Crippen molar-refractivity contribution in [1.82, 2.24) is 0 Å². The van der Waals surface area contributed by atoms with E-state index < -0.39 is 35.1 Å². The normalized spacial score (nSPS) is 16.9. The molecule has 6 nitrogen and oxygen atoms in total. The van der Waals surface area contributed by atoms with E-state index in [9.17, 15) is 23.5 Å². The van der Waals surface area contributed by atoms with Gasteiger partial charge >= 0.3 is 0 Å². The Kier molecular flexibility index (Phi) is 6.99. The first-order valence-corrected chi connectivity index (χ1v) is 11.4. The van der Waals surface area contributed by atoms with Crippen molar-refractivity contribution in [2.75, 3.05) is 18.6 Å². The Morgan fingerprint density at radius 3 is 2.50 bits per heavy atom. The van der Waals surface area contributed by atoms with Crippen LogP contribution in [-0.4, -0.2) is 30.5 Å². The lowest BCUT2D eigenvalue weighted by Gasteiger charge is -2.26. The van der Waals surface area contributed by atoms with Crippen molar-refractivity contribution >= 4 is 34.7 Å². The molecule has 0 saturated carbocycles. The second kappa shape index (κ2) is 9.99. The minimum absolute atomic E-state index is 0.0592. The van der Waals surface area contributed by atoms with E-state index in [1.54, 1.807) is 50.2 Å². The highest BCUT2D eigenvalue weighted by molar-refractivity contribution is 6.51. The SMILES string of the molecule is CCOc1cccc(C2/C(=C(\O)c3cc(C)cc(Cl)c3OC)C(=O)C(=O)N2c2ccc(F)c(F)c2)c1. The Balaban J connectivity index is 2.01. The number of benzene rings is 3. The number of aryl methyl sites for hydroxylation is 1. The molecule has 3 aromatic rings. The van der Waals surface area contributed by atoms with Crippen molar-refractivity contribution in [3.8, 4) is 11.5 Å². The minimum atomic E-state index is -1.19. The molecular weight excluding hydrogens is 492 g/mol. The molecule has 1 unspecified atom stereocenters. The lowest BCUT2D eigenvalue weighted by Crippen LogP contribution is -2.29. The van der Waals surface area contributed by atoms with Gasteiger partial charge in [0.25, 0.3) is 11.7 Å². The van der Waals surface area contributed by atoms with Crippen LogP contribution in [0.3, 0.4) is 0 Å². The molecule has 0 aliphatic carbocycles. The van der Waals surface area contributed by atoms with Crippen molar-refractivity contribution in [3.05, 3.63) is 93.5 Å². The zero-order valence-electron chi connectivity index (χ0n) is 19.6. The fourth-order valence-corrected chi connectivity index (χ4v) is 4.60. The topological polar surface area (TPSA) is 76.1 Å². The average Bonchev–Trinajstić information content (AvgIpc) is 3.11. The van der Waals surface area contributed by atoms with Crippen molar-refractivity contribution in [2.45, 2.75) is 19.9 Å². The van der Waals surface area contributed by atoms with Crippen molar-refractivity contribution in [3.63, 3.8) is 0 Å². The molecule has 3 aromatic carbocycles. The lowest BCUT2D eigenvalue weighted by molar-refractivity contribution is -0.132. The van der Waals surface area contributed by atoms with Crippen LogP contribution >= 0.6 is 11.6 Å². The second-order valence-corrected chi connectivity index (χ2v) is 8.51. The molecule has 1 atom stereocenters. The Bertz CT molecular complexity index is 1400. The number of hydrogen-bond donors (Lipinski definition) is 1. The third-order valence-corrected chi connectivity index (χ3v) is 6.04. The third-order valence-electron chi connectivity index (χ3n) is 5.76. The highest BCUT2D eigenvalue weighted by Crippen LogP contribution is 2.45. The molecule has 1 heterocycles. The Morgan fingerprint density at radius 2 is 1.83 bits per heavy atom. The molecule has 36 heavy (non-hydrogen) atoms. The molecule has 186 valence electrons. The molecule has 4 rings (SSSR count). The smallest absolute Gasteiger partial charge is 0.300 e. The fourth-order valence-electron chi connectivity index (χ4n) is 4.25. The van der Waals surface area contributed by atoms with Gasteiger partial charge in [0.2, 0.25) is 0 Å². The van der Waals surface area contributed by atoms with Gasteiger partial charge in [-0.1, -0.05) is 23.7 Å². The van der Waals surface area contributed by atoms with Crippen LogP contribution < -0.4 is 14.4 Å². The zero-order valence-corrected chi connectivity index (χ0v) is 20.4. The summed E-state index contributed by atoms with van der Waals surface area (Å²) in [4.78, 5) is 27.6. The van der Waals surface area contributed by atoms with Crippen molar-refractivity contribution in [2.24, 2.45) is 0 Å². The fraction of sp³-hybridized carbons (Fsp3) is 0.185. The predicted octanol–water partition coefficient (Wildman–Crippen LogP) is 5.96. The molecule has 0 bridgehead atoms. The van der Waals surface area contributed by atoms with Crippen LogP contribution in [0.5, 0.6) is 11.5 Å². The first-order chi connectivity index (χ1) is 17.2. The van der Waals surface area contributed by atoms with E-state index in [1.807, 2.05) is 0 Å². The molecule has 1 saturated heterocycles. The molecule has 1 fully saturated rings. The number of ketones is 1. The van der Waals surface area contributed by atoms with Crippen LogP contribution in [0, 0.1) is 18.6 Å². The molecule has 9 heteroatoms. The highest BCUT2D eigenvalue weighted by Gasteiger charge is 2.47. The number of nitrogens with zero attached hydrogens (tertiary/aromatic N) is 1. The minimum Gasteiger partial charge on any atom is -0.507 e. The first kappa shape index (κ1) is 25.2. The summed E-state index contributed by atoms with van der Waals surface area (Å²) in [6.45, 7) is 3.91. The second-order valence-electron chi connectivity index (χ2n) is 8.10. The summed E-state index contributed by atoms with van der Waals surface area (Å²) in [5, 5.41) is 11.6. The van der Waals surface area contributed by atoms with Gasteiger partial charge in [0.05, 0.1) is 35.9 Å². The summed E-state index contributed by atoms with van der Waals surface area (Å²) >= 11 is 6.30. The van der Waals surface area contributed by atoms with E-state index in [1.165, 1.54) is 13.2 Å². The first-order valence-electron chi connectivity index (χ1n) is 11.0. The van der Waals surface area contributed by atoms with Gasteiger partial charge in [0.1, 0.15) is 17.3 Å². The number of rotatable bonds is 6. The van der Waals surface area contributed by atoms with Gasteiger partial charge in [0.15, 0.2) is 11.6 Å².